The van der Waals surface area contributed by atoms with Gasteiger partial charge in [-0.05, 0) is 30.4 Å². The van der Waals surface area contributed by atoms with Crippen molar-refractivity contribution in [2.45, 2.75) is 31.7 Å². The number of rotatable bonds is 4. The van der Waals surface area contributed by atoms with E-state index in [4.69, 9.17) is 0 Å². The second kappa shape index (κ2) is 5.48. The van der Waals surface area contributed by atoms with Gasteiger partial charge in [-0.25, -0.2) is 0 Å². The summed E-state index contributed by atoms with van der Waals surface area (Å²) in [5.74, 6) is -0.930. The molecule has 1 atom stereocenters. The molecule has 1 aliphatic carbocycles. The van der Waals surface area contributed by atoms with E-state index in [-0.39, 0.29) is 18.5 Å². The molecule has 0 aromatic heterocycles. The van der Waals surface area contributed by atoms with Crippen molar-refractivity contribution in [3.8, 4) is 0 Å². The Morgan fingerprint density at radius 1 is 1.33 bits per heavy atom. The van der Waals surface area contributed by atoms with Crippen molar-refractivity contribution in [3.05, 3.63) is 35.4 Å². The lowest BCUT2D eigenvalue weighted by atomic mass is 9.68. The van der Waals surface area contributed by atoms with Gasteiger partial charge in [0, 0.05) is 13.1 Å². The Morgan fingerprint density at radius 2 is 2.10 bits per heavy atom. The van der Waals surface area contributed by atoms with Crippen molar-refractivity contribution in [2.24, 2.45) is 5.41 Å². The van der Waals surface area contributed by atoms with E-state index in [1.807, 2.05) is 24.3 Å². The summed E-state index contributed by atoms with van der Waals surface area (Å²) < 4.78 is 0. The van der Waals surface area contributed by atoms with Gasteiger partial charge in [-0.2, -0.15) is 0 Å². The van der Waals surface area contributed by atoms with Gasteiger partial charge in [0.2, 0.25) is 5.91 Å². The molecule has 1 aliphatic heterocycles. The van der Waals surface area contributed by atoms with Gasteiger partial charge in [0.25, 0.3) is 0 Å². The molecule has 1 aromatic rings. The van der Waals surface area contributed by atoms with Crippen LogP contribution >= 0.6 is 0 Å². The maximum atomic E-state index is 12.4. The van der Waals surface area contributed by atoms with Gasteiger partial charge >= 0.3 is 5.97 Å². The summed E-state index contributed by atoms with van der Waals surface area (Å²) in [6, 6.07) is 7.54. The Bertz CT molecular complexity index is 566. The summed E-state index contributed by atoms with van der Waals surface area (Å²) in [5.41, 5.74) is 1.44. The average Bonchev–Trinajstić information content (AvgIpc) is 2.45. The minimum atomic E-state index is -0.800. The standard InChI is InChI=1S/C16H20N2O3/c19-14(18-10-16(15(20)21)7-3-8-16)13-12-5-2-1-4-11(12)6-9-17-13/h1-2,4-5,13,17H,3,6-10H2,(H,18,19)(H,20,21). The number of nitrogens with one attached hydrogen (secondary N) is 2. The minimum absolute atomic E-state index is 0.130. The third-order valence-corrected chi connectivity index (χ3v) is 4.74. The molecule has 112 valence electrons. The summed E-state index contributed by atoms with van der Waals surface area (Å²) in [6.45, 7) is 0.987. The number of carbonyl (C=O) groups excluding carboxylic acids is 1. The molecule has 3 rings (SSSR count). The van der Waals surface area contributed by atoms with Crippen LogP contribution in [0.4, 0.5) is 0 Å². The maximum absolute atomic E-state index is 12.4. The predicted molar refractivity (Wildman–Crippen MR) is 77.8 cm³/mol. The van der Waals surface area contributed by atoms with Crippen LogP contribution in [0, 0.1) is 5.41 Å². The second-order valence-electron chi connectivity index (χ2n) is 5.99. The number of benzene rings is 1. The number of carbonyl (C=O) groups is 2. The van der Waals surface area contributed by atoms with Crippen LogP contribution in [0.1, 0.15) is 36.4 Å². The summed E-state index contributed by atoms with van der Waals surface area (Å²) >= 11 is 0. The fourth-order valence-electron chi connectivity index (χ4n) is 3.17. The summed E-state index contributed by atoms with van der Waals surface area (Å²) in [7, 11) is 0. The smallest absolute Gasteiger partial charge is 0.311 e. The lowest BCUT2D eigenvalue weighted by Gasteiger charge is -2.38. The highest BCUT2D eigenvalue weighted by molar-refractivity contribution is 5.85. The van der Waals surface area contributed by atoms with Crippen LogP contribution in [-0.4, -0.2) is 30.1 Å². The van der Waals surface area contributed by atoms with Crippen LogP contribution in [0.25, 0.3) is 0 Å². The van der Waals surface area contributed by atoms with Gasteiger partial charge < -0.3 is 15.7 Å². The number of hydrogen-bond donors (Lipinski definition) is 3. The normalized spacial score (nSPS) is 22.8. The topological polar surface area (TPSA) is 78.4 Å². The van der Waals surface area contributed by atoms with E-state index >= 15 is 0 Å². The number of amides is 1. The van der Waals surface area contributed by atoms with Crippen molar-refractivity contribution in [1.82, 2.24) is 10.6 Å². The molecule has 1 fully saturated rings. The van der Waals surface area contributed by atoms with E-state index in [9.17, 15) is 14.7 Å². The molecule has 1 unspecified atom stereocenters. The largest absolute Gasteiger partial charge is 0.481 e. The molecule has 0 radical (unpaired) electrons. The fourth-order valence-corrected chi connectivity index (χ4v) is 3.17. The van der Waals surface area contributed by atoms with Gasteiger partial charge in [-0.15, -0.1) is 0 Å². The highest BCUT2D eigenvalue weighted by Crippen LogP contribution is 2.40. The van der Waals surface area contributed by atoms with Gasteiger partial charge in [0.1, 0.15) is 6.04 Å². The first-order valence-electron chi connectivity index (χ1n) is 7.45. The SMILES string of the molecule is O=C(NCC1(C(=O)O)CCC1)C1NCCc2ccccc21. The summed E-state index contributed by atoms with van der Waals surface area (Å²) in [5, 5.41) is 15.4. The Hall–Kier alpha value is -1.88. The van der Waals surface area contributed by atoms with Gasteiger partial charge in [-0.3, -0.25) is 9.59 Å². The first-order chi connectivity index (χ1) is 10.1. The number of carboxylic acids is 1. The summed E-state index contributed by atoms with van der Waals surface area (Å²) in [4.78, 5) is 23.7. The molecule has 21 heavy (non-hydrogen) atoms. The number of hydrogen-bond acceptors (Lipinski definition) is 3. The monoisotopic (exact) mass is 288 g/mol. The van der Waals surface area contributed by atoms with Crippen molar-refractivity contribution in [3.63, 3.8) is 0 Å². The van der Waals surface area contributed by atoms with E-state index in [2.05, 4.69) is 10.6 Å². The minimum Gasteiger partial charge on any atom is -0.481 e. The molecule has 2 aliphatic rings. The van der Waals surface area contributed by atoms with E-state index in [0.29, 0.717) is 12.8 Å². The molecule has 1 heterocycles. The van der Waals surface area contributed by atoms with Crippen molar-refractivity contribution < 1.29 is 14.7 Å². The average molecular weight is 288 g/mol. The third kappa shape index (κ3) is 2.53. The molecular formula is C16H20N2O3. The van der Waals surface area contributed by atoms with E-state index in [0.717, 1.165) is 24.9 Å². The van der Waals surface area contributed by atoms with Crippen LogP contribution in [0.2, 0.25) is 0 Å². The fraction of sp³-hybridized carbons (Fsp3) is 0.500. The maximum Gasteiger partial charge on any atom is 0.311 e. The van der Waals surface area contributed by atoms with E-state index in [1.54, 1.807) is 0 Å². The predicted octanol–water partition coefficient (Wildman–Crippen LogP) is 1.24. The molecular weight excluding hydrogens is 268 g/mol. The van der Waals surface area contributed by atoms with Gasteiger partial charge in [-0.1, -0.05) is 30.7 Å². The van der Waals surface area contributed by atoms with E-state index < -0.39 is 11.4 Å². The zero-order valence-corrected chi connectivity index (χ0v) is 11.9. The van der Waals surface area contributed by atoms with Crippen LogP contribution in [0.5, 0.6) is 0 Å². The van der Waals surface area contributed by atoms with Crippen LogP contribution in [-0.2, 0) is 16.0 Å². The van der Waals surface area contributed by atoms with Gasteiger partial charge in [0.05, 0.1) is 5.41 Å². The summed E-state index contributed by atoms with van der Waals surface area (Å²) in [6.07, 6.45) is 3.14. The highest BCUT2D eigenvalue weighted by Gasteiger charge is 2.44. The van der Waals surface area contributed by atoms with Crippen molar-refractivity contribution >= 4 is 11.9 Å². The van der Waals surface area contributed by atoms with Crippen LogP contribution < -0.4 is 10.6 Å². The van der Waals surface area contributed by atoms with Crippen molar-refractivity contribution in [1.29, 1.82) is 0 Å². The zero-order valence-electron chi connectivity index (χ0n) is 11.9. The van der Waals surface area contributed by atoms with Crippen LogP contribution in [0.15, 0.2) is 24.3 Å². The Kier molecular flexibility index (Phi) is 3.68. The molecule has 1 amide bonds. The van der Waals surface area contributed by atoms with Gasteiger partial charge in [0.15, 0.2) is 0 Å². The molecule has 0 spiro atoms. The first-order valence-corrected chi connectivity index (χ1v) is 7.45. The Morgan fingerprint density at radius 3 is 2.76 bits per heavy atom. The molecule has 1 saturated carbocycles. The quantitative estimate of drug-likeness (QED) is 0.779. The molecule has 5 heteroatoms. The zero-order chi connectivity index (χ0) is 14.9. The van der Waals surface area contributed by atoms with Crippen LogP contribution in [0.3, 0.4) is 0 Å². The highest BCUT2D eigenvalue weighted by atomic mass is 16.4. The lowest BCUT2D eigenvalue weighted by molar-refractivity contribution is -0.154. The van der Waals surface area contributed by atoms with E-state index in [1.165, 1.54) is 5.56 Å². The third-order valence-electron chi connectivity index (χ3n) is 4.74. The van der Waals surface area contributed by atoms with Crippen molar-refractivity contribution in [2.75, 3.05) is 13.1 Å². The molecule has 0 saturated heterocycles. The molecule has 5 nitrogen and oxygen atoms in total. The molecule has 1 aromatic carbocycles. The molecule has 0 bridgehead atoms. The lowest BCUT2D eigenvalue weighted by Crippen LogP contribution is -2.50. The number of aliphatic carboxylic acids is 1. The molecule has 3 N–H and O–H groups in total. The number of carboxylic acid groups (broad SMARTS) is 1. The Labute approximate surface area is 123 Å². The Balaban J connectivity index is 1.68. The first kappa shape index (κ1) is 14.1. The second-order valence-corrected chi connectivity index (χ2v) is 5.99. The number of fused-ring (bicyclic) bond motifs is 1.